The molecule has 2 N–H and O–H groups in total. The van der Waals surface area contributed by atoms with Gasteiger partial charge in [-0.3, -0.25) is 9.69 Å². The molecule has 0 saturated heterocycles. The van der Waals surface area contributed by atoms with Crippen molar-refractivity contribution in [2.75, 3.05) is 0 Å². The number of hydrogen-bond donors (Lipinski definition) is 2. The van der Waals surface area contributed by atoms with Crippen LogP contribution < -0.4 is 0 Å². The van der Waals surface area contributed by atoms with Crippen LogP contribution in [0.2, 0.25) is 0 Å². The van der Waals surface area contributed by atoms with E-state index in [-0.39, 0.29) is 0 Å². The second kappa shape index (κ2) is 7.22. The molecule has 29 heavy (non-hydrogen) atoms. The van der Waals surface area contributed by atoms with E-state index in [2.05, 4.69) is 58.4 Å². The third-order valence-electron chi connectivity index (χ3n) is 5.83. The fraction of sp³-hybridized carbons (Fsp3) is 0.160. The van der Waals surface area contributed by atoms with E-state index in [0.717, 1.165) is 27.7 Å². The maximum atomic E-state index is 12.0. The number of fused-ring (bicyclic) bond motifs is 3. The topological polar surface area (TPSA) is 56.3 Å². The first-order chi connectivity index (χ1) is 14.2. The van der Waals surface area contributed by atoms with E-state index in [1.54, 1.807) is 0 Å². The largest absolute Gasteiger partial charge is 0.480 e. The molecule has 5 rings (SSSR count). The zero-order valence-electron chi connectivity index (χ0n) is 16.0. The number of carboxylic acids is 1. The number of benzene rings is 3. The molecule has 4 aromatic rings. The summed E-state index contributed by atoms with van der Waals surface area (Å²) in [4.78, 5) is 17.6. The molecule has 1 aliphatic heterocycles. The summed E-state index contributed by atoms with van der Waals surface area (Å²) in [5.41, 5.74) is 6.82. The van der Waals surface area contributed by atoms with Gasteiger partial charge in [0.25, 0.3) is 0 Å². The molecule has 1 aliphatic rings. The van der Waals surface area contributed by atoms with E-state index < -0.39 is 12.0 Å². The first kappa shape index (κ1) is 17.7. The lowest BCUT2D eigenvalue weighted by Gasteiger charge is -2.33. The van der Waals surface area contributed by atoms with Crippen molar-refractivity contribution in [2.24, 2.45) is 0 Å². The van der Waals surface area contributed by atoms with Gasteiger partial charge in [0, 0.05) is 36.1 Å². The number of aromatic nitrogens is 1. The number of H-pyrrole nitrogens is 1. The van der Waals surface area contributed by atoms with Gasteiger partial charge in [-0.15, -0.1) is 0 Å². The number of nitrogens with one attached hydrogen (secondary N) is 1. The SMILES string of the molecule is O=C(O)C1Cc2c([nH]c3ccccc23)CN1Cc1ccc(-c2ccccc2)cc1. The van der Waals surface area contributed by atoms with Gasteiger partial charge >= 0.3 is 5.97 Å². The molecular formula is C25H22N2O2. The maximum absolute atomic E-state index is 12.0. The van der Waals surface area contributed by atoms with Crippen molar-refractivity contribution >= 4 is 16.9 Å². The van der Waals surface area contributed by atoms with E-state index in [0.29, 0.717) is 19.5 Å². The van der Waals surface area contributed by atoms with Gasteiger partial charge in [0.1, 0.15) is 6.04 Å². The van der Waals surface area contributed by atoms with Gasteiger partial charge < -0.3 is 10.1 Å². The number of carboxylic acid groups (broad SMARTS) is 1. The predicted octanol–water partition coefficient (Wildman–Crippen LogP) is 4.85. The van der Waals surface area contributed by atoms with Gasteiger partial charge in [-0.2, -0.15) is 0 Å². The molecule has 2 heterocycles. The summed E-state index contributed by atoms with van der Waals surface area (Å²) in [6.45, 7) is 1.22. The second-order valence-corrected chi connectivity index (χ2v) is 7.65. The van der Waals surface area contributed by atoms with Crippen molar-refractivity contribution in [3.63, 3.8) is 0 Å². The minimum Gasteiger partial charge on any atom is -0.480 e. The van der Waals surface area contributed by atoms with Crippen LogP contribution in [0.15, 0.2) is 78.9 Å². The number of aromatic amines is 1. The molecule has 3 aromatic carbocycles. The molecule has 144 valence electrons. The first-order valence-corrected chi connectivity index (χ1v) is 9.89. The van der Waals surface area contributed by atoms with E-state index in [1.807, 2.05) is 30.3 Å². The zero-order valence-corrected chi connectivity index (χ0v) is 16.0. The van der Waals surface area contributed by atoms with E-state index >= 15 is 0 Å². The molecule has 0 bridgehead atoms. The van der Waals surface area contributed by atoms with E-state index in [4.69, 9.17) is 0 Å². The van der Waals surface area contributed by atoms with Crippen LogP contribution in [0.4, 0.5) is 0 Å². The molecular weight excluding hydrogens is 360 g/mol. The lowest BCUT2D eigenvalue weighted by atomic mass is 9.96. The molecule has 1 atom stereocenters. The van der Waals surface area contributed by atoms with Crippen LogP contribution in [0.25, 0.3) is 22.0 Å². The Morgan fingerprint density at radius 3 is 2.38 bits per heavy atom. The van der Waals surface area contributed by atoms with Gasteiger partial charge in [-0.25, -0.2) is 0 Å². The highest BCUT2D eigenvalue weighted by Crippen LogP contribution is 2.31. The summed E-state index contributed by atoms with van der Waals surface area (Å²) in [5.74, 6) is -0.762. The van der Waals surface area contributed by atoms with Gasteiger partial charge in [-0.05, 0) is 28.3 Å². The van der Waals surface area contributed by atoms with Crippen LogP contribution in [0.1, 0.15) is 16.8 Å². The van der Waals surface area contributed by atoms with E-state index in [1.165, 1.54) is 11.1 Å². The molecule has 1 unspecified atom stereocenters. The predicted molar refractivity (Wildman–Crippen MR) is 115 cm³/mol. The van der Waals surface area contributed by atoms with Crippen molar-refractivity contribution in [3.8, 4) is 11.1 Å². The zero-order chi connectivity index (χ0) is 19.8. The fourth-order valence-electron chi connectivity index (χ4n) is 4.34. The summed E-state index contributed by atoms with van der Waals surface area (Å²) in [6.07, 6.45) is 0.525. The molecule has 0 radical (unpaired) electrons. The Labute approximate surface area is 169 Å². The third kappa shape index (κ3) is 3.32. The standard InChI is InChI=1S/C25H22N2O2/c28-25(29)24-14-21-20-8-4-5-9-22(20)26-23(21)16-27(24)15-17-10-12-19(13-11-17)18-6-2-1-3-7-18/h1-13,24,26H,14-16H2,(H,28,29). The number of aliphatic carboxylic acids is 1. The number of hydrogen-bond acceptors (Lipinski definition) is 2. The average Bonchev–Trinajstić information content (AvgIpc) is 3.11. The number of carbonyl (C=O) groups is 1. The van der Waals surface area contributed by atoms with Crippen LogP contribution in [0, 0.1) is 0 Å². The summed E-state index contributed by atoms with van der Waals surface area (Å²) in [5, 5.41) is 11.0. The normalized spacial score (nSPS) is 16.6. The van der Waals surface area contributed by atoms with Crippen LogP contribution in [-0.4, -0.2) is 27.0 Å². The van der Waals surface area contributed by atoms with Crippen molar-refractivity contribution in [1.29, 1.82) is 0 Å². The number of para-hydroxylation sites is 1. The Morgan fingerprint density at radius 2 is 1.62 bits per heavy atom. The van der Waals surface area contributed by atoms with Crippen molar-refractivity contribution in [3.05, 3.63) is 95.7 Å². The van der Waals surface area contributed by atoms with Crippen molar-refractivity contribution in [2.45, 2.75) is 25.6 Å². The molecule has 0 fully saturated rings. The fourth-order valence-corrected chi connectivity index (χ4v) is 4.34. The summed E-state index contributed by atoms with van der Waals surface area (Å²) < 4.78 is 0. The van der Waals surface area contributed by atoms with Gasteiger partial charge in [0.15, 0.2) is 0 Å². The van der Waals surface area contributed by atoms with Crippen molar-refractivity contribution in [1.82, 2.24) is 9.88 Å². The van der Waals surface area contributed by atoms with Gasteiger partial charge in [0.2, 0.25) is 0 Å². The molecule has 4 nitrogen and oxygen atoms in total. The molecule has 1 aromatic heterocycles. The minimum atomic E-state index is -0.762. The number of rotatable bonds is 4. The Kier molecular flexibility index (Phi) is 4.41. The lowest BCUT2D eigenvalue weighted by molar-refractivity contribution is -0.144. The van der Waals surface area contributed by atoms with Gasteiger partial charge in [0.05, 0.1) is 0 Å². The lowest BCUT2D eigenvalue weighted by Crippen LogP contribution is -2.44. The maximum Gasteiger partial charge on any atom is 0.321 e. The molecule has 0 spiro atoms. The van der Waals surface area contributed by atoms with E-state index in [9.17, 15) is 9.90 Å². The second-order valence-electron chi connectivity index (χ2n) is 7.65. The molecule has 4 heteroatoms. The highest BCUT2D eigenvalue weighted by atomic mass is 16.4. The molecule has 0 saturated carbocycles. The third-order valence-corrected chi connectivity index (χ3v) is 5.83. The minimum absolute atomic E-state index is 0.518. The Hall–Kier alpha value is -3.37. The smallest absolute Gasteiger partial charge is 0.321 e. The number of nitrogens with zero attached hydrogens (tertiary/aromatic N) is 1. The summed E-state index contributed by atoms with van der Waals surface area (Å²) >= 11 is 0. The van der Waals surface area contributed by atoms with Crippen LogP contribution in [0.3, 0.4) is 0 Å². The first-order valence-electron chi connectivity index (χ1n) is 9.89. The molecule has 0 amide bonds. The summed E-state index contributed by atoms with van der Waals surface area (Å²) in [6, 6.07) is 26.3. The quantitative estimate of drug-likeness (QED) is 0.531. The highest BCUT2D eigenvalue weighted by molar-refractivity contribution is 5.86. The Bertz CT molecular complexity index is 1160. The average molecular weight is 382 g/mol. The monoisotopic (exact) mass is 382 g/mol. The summed E-state index contributed by atoms with van der Waals surface area (Å²) in [7, 11) is 0. The highest BCUT2D eigenvalue weighted by Gasteiger charge is 2.33. The van der Waals surface area contributed by atoms with Gasteiger partial charge in [-0.1, -0.05) is 72.8 Å². The molecule has 0 aliphatic carbocycles. The van der Waals surface area contributed by atoms with Crippen LogP contribution >= 0.6 is 0 Å². The van der Waals surface area contributed by atoms with Crippen LogP contribution in [0.5, 0.6) is 0 Å². The Morgan fingerprint density at radius 1 is 0.931 bits per heavy atom. The van der Waals surface area contributed by atoms with Crippen LogP contribution in [-0.2, 0) is 24.3 Å². The van der Waals surface area contributed by atoms with Crippen molar-refractivity contribution < 1.29 is 9.90 Å². The Balaban J connectivity index is 1.42.